The van der Waals surface area contributed by atoms with Crippen molar-refractivity contribution < 1.29 is 14.3 Å². The molecule has 12 heavy (non-hydrogen) atoms. The van der Waals surface area contributed by atoms with Gasteiger partial charge in [0.25, 0.3) is 5.24 Å². The molecule has 1 amide bonds. The molecule has 0 aliphatic carbocycles. The fourth-order valence-corrected chi connectivity index (χ4v) is 1.59. The lowest BCUT2D eigenvalue weighted by molar-refractivity contribution is -0.143. The van der Waals surface area contributed by atoms with Crippen molar-refractivity contribution in [2.75, 3.05) is 12.4 Å². The highest BCUT2D eigenvalue weighted by atomic mass is 32.2. The fraction of sp³-hybridized carbons (Fsp3) is 0.714. The molecule has 1 aliphatic heterocycles. The molecule has 1 heterocycles. The number of rotatable bonds is 3. The quantitative estimate of drug-likeness (QED) is 0.666. The Morgan fingerprint density at radius 3 is 3.08 bits per heavy atom. The number of hydrogen-bond acceptors (Lipinski definition) is 4. The summed E-state index contributed by atoms with van der Waals surface area (Å²) in [6.07, 6.45) is 0.383. The number of hydrogen-bond donors (Lipinski definition) is 1. The predicted octanol–water partition coefficient (Wildman–Crippen LogP) is 0.765. The maximum atomic E-state index is 10.7. The van der Waals surface area contributed by atoms with Crippen LogP contribution in [-0.4, -0.2) is 29.6 Å². The molecule has 0 aromatic rings. The molecule has 1 rings (SSSR count). The van der Waals surface area contributed by atoms with Gasteiger partial charge in [0.1, 0.15) is 6.61 Å². The van der Waals surface area contributed by atoms with Crippen LogP contribution in [0.25, 0.3) is 0 Å². The highest BCUT2D eigenvalue weighted by Crippen LogP contribution is 2.12. The Bertz CT molecular complexity index is 195. The molecule has 0 unspecified atom stereocenters. The van der Waals surface area contributed by atoms with E-state index in [0.29, 0.717) is 18.8 Å². The molecule has 0 saturated carbocycles. The summed E-state index contributed by atoms with van der Waals surface area (Å²) in [7, 11) is 0. The van der Waals surface area contributed by atoms with E-state index in [4.69, 9.17) is 4.74 Å². The van der Waals surface area contributed by atoms with Crippen molar-refractivity contribution in [2.45, 2.75) is 19.4 Å². The third kappa shape index (κ3) is 2.73. The van der Waals surface area contributed by atoms with Gasteiger partial charge in [0, 0.05) is 12.2 Å². The lowest BCUT2D eigenvalue weighted by Crippen LogP contribution is -2.31. The van der Waals surface area contributed by atoms with Gasteiger partial charge in [-0.25, -0.2) is 0 Å². The van der Waals surface area contributed by atoms with Crippen molar-refractivity contribution >= 4 is 23.0 Å². The van der Waals surface area contributed by atoms with E-state index < -0.39 is 0 Å². The fourth-order valence-electron chi connectivity index (χ4n) is 0.812. The Hall–Kier alpha value is -0.710. The molecule has 0 radical (unpaired) electrons. The summed E-state index contributed by atoms with van der Waals surface area (Å²) < 4.78 is 4.86. The minimum atomic E-state index is -0.221. The van der Waals surface area contributed by atoms with Gasteiger partial charge in [-0.1, -0.05) is 18.7 Å². The van der Waals surface area contributed by atoms with Gasteiger partial charge in [-0.15, -0.1) is 0 Å². The predicted molar refractivity (Wildman–Crippen MR) is 46.0 cm³/mol. The van der Waals surface area contributed by atoms with Crippen molar-refractivity contribution in [2.24, 2.45) is 0 Å². The Morgan fingerprint density at radius 1 is 1.83 bits per heavy atom. The van der Waals surface area contributed by atoms with Gasteiger partial charge in [0.2, 0.25) is 0 Å². The number of carbonyl (C=O) groups excluding carboxylic acids is 2. The SMILES string of the molecule is CCC(=O)OC[C@@H]1CSC(=O)N1. The molecule has 0 bridgehead atoms. The van der Waals surface area contributed by atoms with Gasteiger partial charge < -0.3 is 10.1 Å². The van der Waals surface area contributed by atoms with Crippen LogP contribution in [0.2, 0.25) is 0 Å². The van der Waals surface area contributed by atoms with Crippen molar-refractivity contribution in [3.8, 4) is 0 Å². The summed E-state index contributed by atoms with van der Waals surface area (Å²) >= 11 is 1.22. The summed E-state index contributed by atoms with van der Waals surface area (Å²) in [6.45, 7) is 2.04. The third-order valence-corrected chi connectivity index (χ3v) is 2.42. The largest absolute Gasteiger partial charge is 0.463 e. The first-order chi connectivity index (χ1) is 5.72. The maximum absolute atomic E-state index is 10.7. The van der Waals surface area contributed by atoms with E-state index in [-0.39, 0.29) is 17.3 Å². The molecule has 0 aromatic heterocycles. The van der Waals surface area contributed by atoms with Crippen molar-refractivity contribution in [1.29, 1.82) is 0 Å². The number of thioether (sulfide) groups is 1. The monoisotopic (exact) mass is 189 g/mol. The molecule has 1 saturated heterocycles. The first kappa shape index (κ1) is 9.38. The zero-order valence-electron chi connectivity index (χ0n) is 6.83. The lowest BCUT2D eigenvalue weighted by atomic mass is 10.4. The van der Waals surface area contributed by atoms with Crippen LogP contribution in [0.5, 0.6) is 0 Å². The topological polar surface area (TPSA) is 55.4 Å². The highest BCUT2D eigenvalue weighted by Gasteiger charge is 2.22. The minimum Gasteiger partial charge on any atom is -0.463 e. The molecule has 1 aliphatic rings. The average Bonchev–Trinajstić information content (AvgIpc) is 2.47. The van der Waals surface area contributed by atoms with E-state index in [0.717, 1.165) is 0 Å². The van der Waals surface area contributed by atoms with Gasteiger partial charge in [-0.05, 0) is 0 Å². The Balaban J connectivity index is 2.16. The Morgan fingerprint density at radius 2 is 2.58 bits per heavy atom. The molecular formula is C7H11NO3S. The number of carbonyl (C=O) groups is 2. The van der Waals surface area contributed by atoms with Crippen LogP contribution in [0, 0.1) is 0 Å². The van der Waals surface area contributed by atoms with E-state index in [9.17, 15) is 9.59 Å². The highest BCUT2D eigenvalue weighted by molar-refractivity contribution is 8.13. The molecule has 4 nitrogen and oxygen atoms in total. The summed E-state index contributed by atoms with van der Waals surface area (Å²) in [5, 5.41) is 2.65. The van der Waals surface area contributed by atoms with Crippen LogP contribution in [0.15, 0.2) is 0 Å². The number of nitrogens with one attached hydrogen (secondary N) is 1. The third-order valence-electron chi connectivity index (χ3n) is 1.47. The summed E-state index contributed by atoms with van der Waals surface area (Å²) in [6, 6.07) is -0.00185. The van der Waals surface area contributed by atoms with Crippen LogP contribution in [0.4, 0.5) is 4.79 Å². The standard InChI is InChI=1S/C7H11NO3S/c1-2-6(9)11-3-5-4-12-7(10)8-5/h5H,2-4H2,1H3,(H,8,10)/t5-/m1/s1. The van der Waals surface area contributed by atoms with E-state index >= 15 is 0 Å². The van der Waals surface area contributed by atoms with E-state index in [1.165, 1.54) is 11.8 Å². The second-order valence-corrected chi connectivity index (χ2v) is 3.47. The molecule has 1 N–H and O–H groups in total. The normalized spacial score (nSPS) is 22.1. The van der Waals surface area contributed by atoms with E-state index in [2.05, 4.69) is 5.32 Å². The van der Waals surface area contributed by atoms with Gasteiger partial charge in [-0.2, -0.15) is 0 Å². The zero-order chi connectivity index (χ0) is 8.97. The first-order valence-electron chi connectivity index (χ1n) is 3.81. The van der Waals surface area contributed by atoms with Crippen LogP contribution in [-0.2, 0) is 9.53 Å². The molecule has 0 spiro atoms. The molecular weight excluding hydrogens is 178 g/mol. The van der Waals surface area contributed by atoms with Crippen LogP contribution in [0.1, 0.15) is 13.3 Å². The first-order valence-corrected chi connectivity index (χ1v) is 4.80. The zero-order valence-corrected chi connectivity index (χ0v) is 7.65. The number of esters is 1. The number of amides is 1. The van der Waals surface area contributed by atoms with Gasteiger partial charge in [-0.3, -0.25) is 9.59 Å². The van der Waals surface area contributed by atoms with Gasteiger partial charge >= 0.3 is 5.97 Å². The molecule has 1 atom stereocenters. The van der Waals surface area contributed by atoms with Crippen molar-refractivity contribution in [3.05, 3.63) is 0 Å². The summed E-state index contributed by atoms with van der Waals surface area (Å²) in [4.78, 5) is 21.4. The number of ether oxygens (including phenoxy) is 1. The van der Waals surface area contributed by atoms with Crippen molar-refractivity contribution in [1.82, 2.24) is 5.32 Å². The minimum absolute atomic E-state index is 0.00185. The van der Waals surface area contributed by atoms with E-state index in [1.807, 2.05) is 0 Å². The van der Waals surface area contributed by atoms with E-state index in [1.54, 1.807) is 6.92 Å². The van der Waals surface area contributed by atoms with Gasteiger partial charge in [0.15, 0.2) is 0 Å². The maximum Gasteiger partial charge on any atom is 0.305 e. The molecule has 0 aromatic carbocycles. The Labute approximate surface area is 75.0 Å². The second-order valence-electron chi connectivity index (χ2n) is 2.48. The summed E-state index contributed by atoms with van der Waals surface area (Å²) in [5.41, 5.74) is 0. The molecule has 5 heteroatoms. The lowest BCUT2D eigenvalue weighted by Gasteiger charge is -2.08. The average molecular weight is 189 g/mol. The smallest absolute Gasteiger partial charge is 0.305 e. The molecule has 1 fully saturated rings. The van der Waals surface area contributed by atoms with Crippen LogP contribution >= 0.6 is 11.8 Å². The van der Waals surface area contributed by atoms with Crippen molar-refractivity contribution in [3.63, 3.8) is 0 Å². The second kappa shape index (κ2) is 4.35. The van der Waals surface area contributed by atoms with Gasteiger partial charge in [0.05, 0.1) is 6.04 Å². The Kier molecular flexibility index (Phi) is 3.40. The summed E-state index contributed by atoms with van der Waals surface area (Å²) in [5.74, 6) is 0.469. The van der Waals surface area contributed by atoms with Crippen LogP contribution < -0.4 is 5.32 Å². The van der Waals surface area contributed by atoms with Crippen LogP contribution in [0.3, 0.4) is 0 Å². The molecule has 68 valence electrons.